The predicted molar refractivity (Wildman–Crippen MR) is 106 cm³/mol. The first-order valence-electron chi connectivity index (χ1n) is 11.8. The van der Waals surface area contributed by atoms with Crippen LogP contribution in [0, 0.1) is 46.8 Å². The zero-order valence-electron chi connectivity index (χ0n) is 18.2. The van der Waals surface area contributed by atoms with Crippen molar-refractivity contribution in [3.8, 4) is 0 Å². The normalized spacial score (nSPS) is 46.0. The van der Waals surface area contributed by atoms with E-state index in [1.54, 1.807) is 0 Å². The maximum atomic E-state index is 13.6. The summed E-state index contributed by atoms with van der Waals surface area (Å²) in [4.78, 5) is 38.6. The van der Waals surface area contributed by atoms with Crippen LogP contribution in [0.1, 0.15) is 44.9 Å². The molecule has 1 aliphatic heterocycles. The van der Waals surface area contributed by atoms with E-state index < -0.39 is 75.2 Å². The van der Waals surface area contributed by atoms with Crippen LogP contribution in [0.25, 0.3) is 0 Å². The first kappa shape index (κ1) is 22.6. The van der Waals surface area contributed by atoms with E-state index in [4.69, 9.17) is 14.0 Å². The Hall–Kier alpha value is -1.82. The molecule has 7 aliphatic rings. The highest BCUT2D eigenvalue weighted by atomic mass is 32.2. The number of rotatable bonds is 6. The van der Waals surface area contributed by atoms with Crippen LogP contribution in [0.3, 0.4) is 0 Å². The highest BCUT2D eigenvalue weighted by Crippen LogP contribution is 2.62. The van der Waals surface area contributed by atoms with E-state index in [1.807, 2.05) is 0 Å². The Labute approximate surface area is 194 Å². The molecule has 1 heterocycles. The minimum absolute atomic E-state index is 0.325. The number of carbonyl (C=O) groups is 3. The molecule has 6 unspecified atom stereocenters. The van der Waals surface area contributed by atoms with Gasteiger partial charge in [-0.2, -0.15) is 17.2 Å². The van der Waals surface area contributed by atoms with Gasteiger partial charge in [-0.1, -0.05) is 0 Å². The highest BCUT2D eigenvalue weighted by Gasteiger charge is 2.71. The molecule has 188 valence electrons. The van der Waals surface area contributed by atoms with Gasteiger partial charge in [0.2, 0.25) is 0 Å². The Morgan fingerprint density at radius 1 is 1.06 bits per heavy atom. The number of halogens is 2. The van der Waals surface area contributed by atoms with Gasteiger partial charge in [-0.3, -0.25) is 18.9 Å². The molecule has 0 aromatic rings. The van der Waals surface area contributed by atoms with E-state index >= 15 is 0 Å². The van der Waals surface area contributed by atoms with Gasteiger partial charge in [0.1, 0.15) is 12.2 Å². The SMILES string of the molecule is O=C1OC2C3CC(C2OC(=O)C24CC5CC(CC(C5)C2)C4)C(C(=O)OCC(F)(F)S(=O)(=O)O)C13. The third-order valence-corrected chi connectivity index (χ3v) is 10.2. The van der Waals surface area contributed by atoms with Gasteiger partial charge in [-0.05, 0) is 62.7 Å². The topological polar surface area (TPSA) is 133 Å². The number of alkyl halides is 2. The van der Waals surface area contributed by atoms with Crippen molar-refractivity contribution in [3.05, 3.63) is 0 Å². The fourth-order valence-electron chi connectivity index (χ4n) is 8.40. The summed E-state index contributed by atoms with van der Waals surface area (Å²) in [6.07, 6.45) is 4.57. The van der Waals surface area contributed by atoms with Crippen molar-refractivity contribution in [2.45, 2.75) is 62.4 Å². The summed E-state index contributed by atoms with van der Waals surface area (Å²) in [5.74, 6) is -3.77. The lowest BCUT2D eigenvalue weighted by atomic mass is 9.49. The number of hydrogen-bond acceptors (Lipinski definition) is 8. The van der Waals surface area contributed by atoms with E-state index in [0.29, 0.717) is 24.2 Å². The fraction of sp³-hybridized carbons (Fsp3) is 0.864. The average molecular weight is 505 g/mol. The van der Waals surface area contributed by atoms with E-state index in [-0.39, 0.29) is 5.97 Å². The van der Waals surface area contributed by atoms with Crippen molar-refractivity contribution >= 4 is 28.0 Å². The number of ether oxygens (including phenoxy) is 3. The Morgan fingerprint density at radius 2 is 1.65 bits per heavy atom. The van der Waals surface area contributed by atoms with Crippen molar-refractivity contribution < 1.29 is 50.3 Å². The van der Waals surface area contributed by atoms with Crippen molar-refractivity contribution in [1.29, 1.82) is 0 Å². The van der Waals surface area contributed by atoms with Gasteiger partial charge in [0, 0.05) is 11.8 Å². The van der Waals surface area contributed by atoms with Crippen LogP contribution >= 0.6 is 0 Å². The summed E-state index contributed by atoms with van der Waals surface area (Å²) in [5, 5.41) is -4.68. The van der Waals surface area contributed by atoms with Crippen LogP contribution in [0.4, 0.5) is 8.78 Å². The third kappa shape index (κ3) is 3.16. The van der Waals surface area contributed by atoms with Crippen LogP contribution in [0.5, 0.6) is 0 Å². The summed E-state index contributed by atoms with van der Waals surface area (Å²) in [5.41, 5.74) is -0.549. The smallest absolute Gasteiger partial charge is 0.402 e. The lowest BCUT2D eigenvalue weighted by Gasteiger charge is -2.55. The molecule has 34 heavy (non-hydrogen) atoms. The largest absolute Gasteiger partial charge is 0.458 e. The Morgan fingerprint density at radius 3 is 2.21 bits per heavy atom. The van der Waals surface area contributed by atoms with Gasteiger partial charge in [0.25, 0.3) is 0 Å². The molecule has 6 saturated carbocycles. The summed E-state index contributed by atoms with van der Waals surface area (Å²) >= 11 is 0. The molecule has 0 amide bonds. The first-order chi connectivity index (χ1) is 15.9. The molecule has 9 nitrogen and oxygen atoms in total. The van der Waals surface area contributed by atoms with Gasteiger partial charge in [0.05, 0.1) is 17.3 Å². The Kier molecular flexibility index (Phi) is 4.74. The van der Waals surface area contributed by atoms with E-state index in [9.17, 15) is 31.6 Å². The minimum Gasteiger partial charge on any atom is -0.458 e. The molecule has 7 fully saturated rings. The quantitative estimate of drug-likeness (QED) is 0.327. The van der Waals surface area contributed by atoms with Crippen molar-refractivity contribution in [1.82, 2.24) is 0 Å². The Bertz CT molecular complexity index is 1020. The van der Waals surface area contributed by atoms with E-state index in [1.165, 1.54) is 0 Å². The summed E-state index contributed by atoms with van der Waals surface area (Å²) in [7, 11) is -5.77. The van der Waals surface area contributed by atoms with Gasteiger partial charge in [0.15, 0.2) is 6.61 Å². The number of esters is 3. The van der Waals surface area contributed by atoms with Crippen LogP contribution in [0.2, 0.25) is 0 Å². The van der Waals surface area contributed by atoms with Crippen molar-refractivity contribution in [2.75, 3.05) is 6.61 Å². The second kappa shape index (κ2) is 7.11. The molecule has 1 N–H and O–H groups in total. The van der Waals surface area contributed by atoms with Crippen molar-refractivity contribution in [2.24, 2.45) is 46.8 Å². The second-order valence-electron chi connectivity index (χ2n) is 11.3. The zero-order valence-corrected chi connectivity index (χ0v) is 19.0. The maximum Gasteiger partial charge on any atom is 0.402 e. The molecule has 0 spiro atoms. The number of carbonyl (C=O) groups excluding carboxylic acids is 3. The molecule has 0 aromatic carbocycles. The minimum atomic E-state index is -5.77. The van der Waals surface area contributed by atoms with E-state index in [0.717, 1.165) is 38.5 Å². The molecule has 12 heteroatoms. The number of fused-ring (bicyclic) bond motifs is 1. The molecule has 6 aliphatic carbocycles. The highest BCUT2D eigenvalue weighted by molar-refractivity contribution is 7.86. The number of hydrogen-bond donors (Lipinski definition) is 1. The molecular formula is C22H26F2O9S. The monoisotopic (exact) mass is 504 g/mol. The zero-order chi connectivity index (χ0) is 24.2. The first-order valence-corrected chi connectivity index (χ1v) is 13.3. The molecule has 6 atom stereocenters. The average Bonchev–Trinajstić information content (AvgIpc) is 3.34. The van der Waals surface area contributed by atoms with Gasteiger partial charge >= 0.3 is 33.3 Å². The fourth-order valence-corrected chi connectivity index (χ4v) is 8.61. The molecule has 0 radical (unpaired) electrons. The van der Waals surface area contributed by atoms with Gasteiger partial charge in [-0.25, -0.2) is 0 Å². The summed E-state index contributed by atoms with van der Waals surface area (Å²) < 4.78 is 73.4. The predicted octanol–water partition coefficient (Wildman–Crippen LogP) is 1.95. The molecule has 7 rings (SSSR count). The Balaban J connectivity index is 1.19. The van der Waals surface area contributed by atoms with Crippen molar-refractivity contribution in [3.63, 3.8) is 0 Å². The lowest BCUT2D eigenvalue weighted by molar-refractivity contribution is -0.188. The third-order valence-electron chi connectivity index (χ3n) is 9.29. The molecular weight excluding hydrogens is 478 g/mol. The summed E-state index contributed by atoms with van der Waals surface area (Å²) in [6, 6.07) is 0. The maximum absolute atomic E-state index is 13.6. The molecule has 0 aromatic heterocycles. The molecule has 1 saturated heterocycles. The summed E-state index contributed by atoms with van der Waals surface area (Å²) in [6.45, 7) is -1.87. The van der Waals surface area contributed by atoms with Crippen LogP contribution in [-0.2, 0) is 38.7 Å². The van der Waals surface area contributed by atoms with E-state index in [2.05, 4.69) is 4.74 Å². The second-order valence-corrected chi connectivity index (χ2v) is 12.9. The van der Waals surface area contributed by atoms with Gasteiger partial charge in [-0.15, -0.1) is 0 Å². The lowest BCUT2D eigenvalue weighted by Crippen LogP contribution is -2.53. The van der Waals surface area contributed by atoms with Gasteiger partial charge < -0.3 is 14.2 Å². The van der Waals surface area contributed by atoms with Crippen LogP contribution in [0.15, 0.2) is 0 Å². The standard InChI is InChI=1S/C22H26F2O9S/c23-22(24,34(28,29)30)8-31-18(25)14-12-4-13-15(14)19(26)32-16(13)17(12)33-20(27)21-5-9-1-10(6-21)3-11(2-9)7-21/h9-17H,1-8H2,(H,28,29,30). The molecule has 6 bridgehead atoms. The van der Waals surface area contributed by atoms with Crippen LogP contribution in [-0.4, -0.2) is 54.9 Å². The van der Waals surface area contributed by atoms with Crippen LogP contribution < -0.4 is 0 Å².